The van der Waals surface area contributed by atoms with Crippen LogP contribution in [0.25, 0.3) is 0 Å². The minimum absolute atomic E-state index is 0.304. The first-order valence-corrected chi connectivity index (χ1v) is 10.5. The van der Waals surface area contributed by atoms with Crippen LogP contribution in [0.2, 0.25) is 0 Å². The summed E-state index contributed by atoms with van der Waals surface area (Å²) in [4.78, 5) is 49.6. The van der Waals surface area contributed by atoms with Crippen LogP contribution in [0.1, 0.15) is 10.4 Å². The molecule has 0 bridgehead atoms. The van der Waals surface area contributed by atoms with Gasteiger partial charge in [-0.25, -0.2) is 13.9 Å². The number of aliphatic hydroxyl groups excluding tert-OH is 3. The standard InChI is InChI=1S/C13H18O14P2/c14-5-9(17)12(25-13(19)7-3-1-2-4-8(7)16)11(18)10(6-15)26-29(23,24)27-28(20,21)22/h1-4,6,9-12,14,16-18H,5H2,(H,23,24)(H2,20,21,22)/t9-,10+,11-,12-/m1/s1. The lowest BCUT2D eigenvalue weighted by Crippen LogP contribution is -2.49. The van der Waals surface area contributed by atoms with Gasteiger partial charge in [-0.05, 0) is 12.1 Å². The lowest BCUT2D eigenvalue weighted by molar-refractivity contribution is -0.136. The number of aromatic hydroxyl groups is 1. The van der Waals surface area contributed by atoms with Crippen molar-refractivity contribution in [2.24, 2.45) is 0 Å². The Balaban J connectivity index is 3.07. The number of carbonyl (C=O) groups is 2. The maximum absolute atomic E-state index is 12.1. The van der Waals surface area contributed by atoms with Gasteiger partial charge in [-0.15, -0.1) is 0 Å². The molecule has 164 valence electrons. The molecule has 0 aliphatic heterocycles. The van der Waals surface area contributed by atoms with Crippen molar-refractivity contribution in [2.45, 2.75) is 24.4 Å². The Morgan fingerprint density at radius 2 is 1.72 bits per heavy atom. The van der Waals surface area contributed by atoms with Crippen LogP contribution in [0, 0.1) is 0 Å². The number of benzene rings is 1. The molecule has 0 heterocycles. The highest BCUT2D eigenvalue weighted by Gasteiger charge is 2.42. The summed E-state index contributed by atoms with van der Waals surface area (Å²) in [5.41, 5.74) is -0.420. The molecule has 0 radical (unpaired) electrons. The van der Waals surface area contributed by atoms with E-state index >= 15 is 0 Å². The molecule has 0 spiro atoms. The Labute approximate surface area is 162 Å². The van der Waals surface area contributed by atoms with Gasteiger partial charge in [0.15, 0.2) is 18.5 Å². The molecule has 0 aliphatic rings. The first kappa shape index (κ1) is 25.3. The van der Waals surface area contributed by atoms with Crippen molar-refractivity contribution >= 4 is 27.9 Å². The predicted molar refractivity (Wildman–Crippen MR) is 90.3 cm³/mol. The number of rotatable bonds is 11. The summed E-state index contributed by atoms with van der Waals surface area (Å²) in [5, 5.41) is 38.6. The minimum Gasteiger partial charge on any atom is -0.507 e. The summed E-state index contributed by atoms with van der Waals surface area (Å²) in [5.74, 6) is -1.86. The van der Waals surface area contributed by atoms with Crippen molar-refractivity contribution in [3.05, 3.63) is 29.8 Å². The molecule has 0 fully saturated rings. The van der Waals surface area contributed by atoms with Crippen LogP contribution < -0.4 is 0 Å². The molecule has 1 rings (SSSR count). The first-order valence-electron chi connectivity index (χ1n) is 7.50. The van der Waals surface area contributed by atoms with Gasteiger partial charge >= 0.3 is 21.6 Å². The van der Waals surface area contributed by atoms with Gasteiger partial charge in [-0.1, -0.05) is 12.1 Å². The number of ether oxygens (including phenoxy) is 1. The zero-order chi connectivity index (χ0) is 22.4. The number of phosphoric ester groups is 1. The molecule has 1 aromatic rings. The van der Waals surface area contributed by atoms with E-state index in [4.69, 9.17) is 19.6 Å². The minimum atomic E-state index is -5.60. The lowest BCUT2D eigenvalue weighted by atomic mass is 10.0. The highest BCUT2D eigenvalue weighted by atomic mass is 31.3. The quantitative estimate of drug-likeness (QED) is 0.112. The lowest BCUT2D eigenvalue weighted by Gasteiger charge is -2.29. The number of aliphatic hydroxyl groups is 3. The third-order valence-electron chi connectivity index (χ3n) is 3.21. The maximum atomic E-state index is 12.1. The van der Waals surface area contributed by atoms with Gasteiger partial charge < -0.3 is 44.6 Å². The SMILES string of the molecule is O=C[C@H](OP(=O)(O)OP(=O)(O)O)[C@@H](O)[C@H](OC(=O)c1ccccc1O)[C@H](O)CO. The Kier molecular flexibility index (Phi) is 9.06. The van der Waals surface area contributed by atoms with Gasteiger partial charge in [0.2, 0.25) is 0 Å². The van der Waals surface area contributed by atoms with Gasteiger partial charge in [0, 0.05) is 0 Å². The smallest absolute Gasteiger partial charge is 0.481 e. The van der Waals surface area contributed by atoms with E-state index in [0.29, 0.717) is 0 Å². The maximum Gasteiger partial charge on any atom is 0.481 e. The van der Waals surface area contributed by atoms with Crippen LogP contribution in [0.15, 0.2) is 24.3 Å². The monoisotopic (exact) mass is 460 g/mol. The molecule has 14 nitrogen and oxygen atoms in total. The fourth-order valence-electron chi connectivity index (χ4n) is 1.98. The molecule has 0 aromatic heterocycles. The number of hydrogen-bond acceptors (Lipinski definition) is 11. The van der Waals surface area contributed by atoms with E-state index < -0.39 is 64.0 Å². The second kappa shape index (κ2) is 10.4. The van der Waals surface area contributed by atoms with Gasteiger partial charge in [0.25, 0.3) is 0 Å². The van der Waals surface area contributed by atoms with Gasteiger partial charge in [-0.3, -0.25) is 4.52 Å². The highest BCUT2D eigenvalue weighted by molar-refractivity contribution is 7.60. The second-order valence-electron chi connectivity index (χ2n) is 5.37. The number of aldehydes is 1. The average Bonchev–Trinajstić information content (AvgIpc) is 2.61. The molecular weight excluding hydrogens is 442 g/mol. The van der Waals surface area contributed by atoms with E-state index in [2.05, 4.69) is 8.83 Å². The number of carbonyl (C=O) groups excluding carboxylic acids is 2. The van der Waals surface area contributed by atoms with E-state index in [1.54, 1.807) is 0 Å². The van der Waals surface area contributed by atoms with Crippen LogP contribution in [-0.2, 0) is 27.5 Å². The van der Waals surface area contributed by atoms with Crippen LogP contribution in [0.5, 0.6) is 5.75 Å². The molecule has 0 saturated heterocycles. The third kappa shape index (κ3) is 7.91. The number of phenolic OH excluding ortho intramolecular Hbond substituents is 1. The number of hydrogen-bond donors (Lipinski definition) is 7. The molecule has 0 saturated carbocycles. The van der Waals surface area contributed by atoms with Crippen LogP contribution in [0.4, 0.5) is 0 Å². The van der Waals surface area contributed by atoms with Crippen LogP contribution in [-0.4, -0.2) is 78.4 Å². The largest absolute Gasteiger partial charge is 0.507 e. The highest BCUT2D eigenvalue weighted by Crippen LogP contribution is 2.58. The summed E-state index contributed by atoms with van der Waals surface area (Å²) < 4.78 is 34.6. The first-order chi connectivity index (χ1) is 13.3. The van der Waals surface area contributed by atoms with Gasteiger partial charge in [0.1, 0.15) is 23.5 Å². The van der Waals surface area contributed by atoms with Gasteiger partial charge in [0.05, 0.1) is 6.61 Å². The fraction of sp³-hybridized carbons (Fsp3) is 0.385. The van der Waals surface area contributed by atoms with Crippen molar-refractivity contribution in [3.63, 3.8) is 0 Å². The Morgan fingerprint density at radius 1 is 1.14 bits per heavy atom. The topological polar surface area (TPSA) is 238 Å². The third-order valence-corrected chi connectivity index (χ3v) is 5.39. The Morgan fingerprint density at radius 3 is 2.21 bits per heavy atom. The van der Waals surface area contributed by atoms with E-state index in [9.17, 15) is 38.9 Å². The Bertz CT molecular complexity index is 806. The molecule has 1 aromatic carbocycles. The van der Waals surface area contributed by atoms with Crippen molar-refractivity contribution in [2.75, 3.05) is 6.61 Å². The van der Waals surface area contributed by atoms with Crippen molar-refractivity contribution in [3.8, 4) is 5.75 Å². The van der Waals surface area contributed by atoms with Crippen molar-refractivity contribution < 1.29 is 67.4 Å². The number of phenols is 1. The average molecular weight is 460 g/mol. The second-order valence-corrected chi connectivity index (χ2v) is 8.16. The van der Waals surface area contributed by atoms with Crippen molar-refractivity contribution in [1.82, 2.24) is 0 Å². The fourth-order valence-corrected chi connectivity index (χ4v) is 3.69. The Hall–Kier alpha value is -1.70. The molecule has 0 amide bonds. The normalized spacial score (nSPS) is 18.1. The molecule has 7 N–H and O–H groups in total. The molecule has 1 unspecified atom stereocenters. The van der Waals surface area contributed by atoms with Crippen LogP contribution >= 0.6 is 15.6 Å². The van der Waals surface area contributed by atoms with E-state index in [0.717, 1.165) is 12.1 Å². The molecule has 29 heavy (non-hydrogen) atoms. The van der Waals surface area contributed by atoms with E-state index in [1.807, 2.05) is 0 Å². The van der Waals surface area contributed by atoms with Gasteiger partial charge in [-0.2, -0.15) is 4.31 Å². The molecular formula is C13H18O14P2. The van der Waals surface area contributed by atoms with Crippen molar-refractivity contribution in [1.29, 1.82) is 0 Å². The number of esters is 1. The zero-order valence-electron chi connectivity index (χ0n) is 14.3. The number of phosphoric acid groups is 2. The number of para-hydroxylation sites is 1. The summed E-state index contributed by atoms with van der Waals surface area (Å²) in [6.45, 7) is -1.11. The summed E-state index contributed by atoms with van der Waals surface area (Å²) in [6, 6.07) is 4.93. The summed E-state index contributed by atoms with van der Waals surface area (Å²) in [6.07, 6.45) is -9.29. The van der Waals surface area contributed by atoms with E-state index in [1.165, 1.54) is 12.1 Å². The predicted octanol–water partition coefficient (Wildman–Crippen LogP) is -1.57. The van der Waals surface area contributed by atoms with Crippen LogP contribution in [0.3, 0.4) is 0 Å². The molecule has 0 aliphatic carbocycles. The summed E-state index contributed by atoms with van der Waals surface area (Å²) in [7, 11) is -11.1. The summed E-state index contributed by atoms with van der Waals surface area (Å²) >= 11 is 0. The zero-order valence-corrected chi connectivity index (χ0v) is 16.1. The molecule has 16 heteroatoms. The molecule has 5 atom stereocenters. The van der Waals surface area contributed by atoms with E-state index in [-0.39, 0.29) is 6.29 Å².